The summed E-state index contributed by atoms with van der Waals surface area (Å²) in [5, 5.41) is 2.92. The van der Waals surface area contributed by atoms with Crippen molar-refractivity contribution in [1.29, 1.82) is 0 Å². The number of urea groups is 1. The molecule has 2 aromatic carbocycles. The normalized spacial score (nSPS) is 27.4. The second kappa shape index (κ2) is 8.28. The van der Waals surface area contributed by atoms with E-state index in [9.17, 15) is 14.4 Å². The lowest BCUT2D eigenvalue weighted by Crippen LogP contribution is -2.50. The minimum atomic E-state index is -0.835. The lowest BCUT2D eigenvalue weighted by molar-refractivity contribution is -0.135. The van der Waals surface area contributed by atoms with E-state index in [1.807, 2.05) is 54.6 Å². The molecule has 1 N–H and O–H groups in total. The van der Waals surface area contributed by atoms with E-state index in [0.29, 0.717) is 24.5 Å². The van der Waals surface area contributed by atoms with Crippen molar-refractivity contribution in [3.8, 4) is 0 Å². The molecular formula is C25H27N3O3S. The predicted molar refractivity (Wildman–Crippen MR) is 124 cm³/mol. The predicted octanol–water partition coefficient (Wildman–Crippen LogP) is 4.37. The summed E-state index contributed by atoms with van der Waals surface area (Å²) >= 11 is 1.72. The number of hydrogen-bond donors (Lipinski definition) is 1. The number of nitrogens with one attached hydrogen (secondary N) is 1. The number of carbonyl (C=O) groups excluding carboxylic acids is 3. The molecule has 5 rings (SSSR count). The molecule has 6 nitrogen and oxygen atoms in total. The molecule has 0 bridgehead atoms. The maximum absolute atomic E-state index is 13.7. The van der Waals surface area contributed by atoms with Crippen molar-refractivity contribution in [3.05, 3.63) is 60.2 Å². The van der Waals surface area contributed by atoms with Gasteiger partial charge in [0, 0.05) is 10.6 Å². The quantitative estimate of drug-likeness (QED) is 0.707. The lowest BCUT2D eigenvalue weighted by atomic mass is 9.77. The van der Waals surface area contributed by atoms with E-state index in [1.54, 1.807) is 16.7 Å². The Balaban J connectivity index is 1.43. The first kappa shape index (κ1) is 21.1. The first-order chi connectivity index (χ1) is 15.5. The van der Waals surface area contributed by atoms with Crippen LogP contribution in [0.3, 0.4) is 0 Å². The van der Waals surface area contributed by atoms with Crippen LogP contribution < -0.4 is 10.2 Å². The molecule has 2 heterocycles. The molecule has 1 unspecified atom stereocenters. The average Bonchev–Trinajstić information content (AvgIpc) is 3.05. The molecule has 7 heteroatoms. The van der Waals surface area contributed by atoms with Crippen LogP contribution in [-0.2, 0) is 9.59 Å². The monoisotopic (exact) mass is 449 g/mol. The van der Waals surface area contributed by atoms with Crippen molar-refractivity contribution in [2.24, 2.45) is 5.92 Å². The van der Waals surface area contributed by atoms with Gasteiger partial charge in [0.2, 0.25) is 5.91 Å². The van der Waals surface area contributed by atoms with Gasteiger partial charge in [0.15, 0.2) is 0 Å². The Morgan fingerprint density at radius 3 is 2.50 bits per heavy atom. The second-order valence-electron chi connectivity index (χ2n) is 9.06. The number of thioether (sulfide) groups is 1. The van der Waals surface area contributed by atoms with Gasteiger partial charge in [-0.1, -0.05) is 49.4 Å². The fourth-order valence-electron chi connectivity index (χ4n) is 5.04. The van der Waals surface area contributed by atoms with Gasteiger partial charge in [-0.2, -0.15) is 0 Å². The average molecular weight is 450 g/mol. The highest BCUT2D eigenvalue weighted by Crippen LogP contribution is 2.43. The number of para-hydroxylation sites is 1. The van der Waals surface area contributed by atoms with E-state index in [4.69, 9.17) is 0 Å². The highest BCUT2D eigenvalue weighted by atomic mass is 32.2. The van der Waals surface area contributed by atoms with Gasteiger partial charge < -0.3 is 10.2 Å². The maximum Gasteiger partial charge on any atom is 0.325 e. The summed E-state index contributed by atoms with van der Waals surface area (Å²) in [7, 11) is 0. The van der Waals surface area contributed by atoms with Gasteiger partial charge in [0.1, 0.15) is 12.1 Å². The topological polar surface area (TPSA) is 69.7 Å². The molecule has 2 aliphatic heterocycles. The van der Waals surface area contributed by atoms with Crippen LogP contribution in [0.5, 0.6) is 0 Å². The van der Waals surface area contributed by atoms with E-state index < -0.39 is 11.6 Å². The number of nitrogens with zero attached hydrogens (tertiary/aromatic N) is 2. The Kier molecular flexibility index (Phi) is 5.45. The lowest BCUT2D eigenvalue weighted by Gasteiger charge is -2.38. The standard InChI is InChI=1S/C25H27N3O3S/c1-17-11-13-25(14-12-17)23(30)27(24(31)26-25)15-22(29)28-19-9-5-6-10-21(19)32-16-20(28)18-7-3-2-4-8-18/h2-10,17,20H,11-16H2,1H3,(H,26,31). The summed E-state index contributed by atoms with van der Waals surface area (Å²) in [6.07, 6.45) is 3.08. The third-order valence-corrected chi connectivity index (χ3v) is 8.09. The molecule has 1 saturated carbocycles. The maximum atomic E-state index is 13.7. The Morgan fingerprint density at radius 1 is 1.06 bits per heavy atom. The molecule has 1 saturated heterocycles. The Labute approximate surface area is 192 Å². The highest BCUT2D eigenvalue weighted by Gasteiger charge is 2.52. The molecule has 3 aliphatic rings. The number of anilines is 1. The summed E-state index contributed by atoms with van der Waals surface area (Å²) in [5.74, 6) is 0.777. The summed E-state index contributed by atoms with van der Waals surface area (Å²) in [6, 6.07) is 17.1. The van der Waals surface area contributed by atoms with Gasteiger partial charge in [-0.15, -0.1) is 11.8 Å². The zero-order chi connectivity index (χ0) is 22.3. The highest BCUT2D eigenvalue weighted by molar-refractivity contribution is 7.99. The molecule has 2 aromatic rings. The molecule has 4 amide bonds. The first-order valence-electron chi connectivity index (χ1n) is 11.2. The molecule has 32 heavy (non-hydrogen) atoms. The summed E-state index contributed by atoms with van der Waals surface area (Å²) in [5.41, 5.74) is 1.03. The van der Waals surface area contributed by atoms with Crippen LogP contribution in [0.25, 0.3) is 0 Å². The van der Waals surface area contributed by atoms with Crippen LogP contribution in [0.15, 0.2) is 59.5 Å². The molecule has 1 spiro atoms. The molecule has 0 aromatic heterocycles. The zero-order valence-corrected chi connectivity index (χ0v) is 18.9. The number of benzene rings is 2. The Morgan fingerprint density at radius 2 is 1.75 bits per heavy atom. The summed E-state index contributed by atoms with van der Waals surface area (Å²) in [6.45, 7) is 1.93. The van der Waals surface area contributed by atoms with Crippen LogP contribution in [0, 0.1) is 5.92 Å². The van der Waals surface area contributed by atoms with Crippen molar-refractivity contribution in [2.45, 2.75) is 49.1 Å². The van der Waals surface area contributed by atoms with E-state index >= 15 is 0 Å². The minimum absolute atomic E-state index is 0.158. The molecule has 1 aliphatic carbocycles. The van der Waals surface area contributed by atoms with Crippen LogP contribution in [-0.4, -0.2) is 40.6 Å². The van der Waals surface area contributed by atoms with Crippen molar-refractivity contribution in [2.75, 3.05) is 17.2 Å². The van der Waals surface area contributed by atoms with Gasteiger partial charge in [-0.3, -0.25) is 14.5 Å². The number of amides is 4. The van der Waals surface area contributed by atoms with Crippen LogP contribution in [0.2, 0.25) is 0 Å². The van der Waals surface area contributed by atoms with Gasteiger partial charge in [-0.05, 0) is 49.3 Å². The van der Waals surface area contributed by atoms with Crippen molar-refractivity contribution >= 4 is 35.3 Å². The summed E-state index contributed by atoms with van der Waals surface area (Å²) < 4.78 is 0. The fraction of sp³-hybridized carbons (Fsp3) is 0.400. The number of hydrogen-bond acceptors (Lipinski definition) is 4. The largest absolute Gasteiger partial charge is 0.325 e. The SMILES string of the molecule is CC1CCC2(CC1)NC(=O)N(CC(=O)N1c3ccccc3SCC1c1ccccc1)C2=O. The van der Waals surface area contributed by atoms with Gasteiger partial charge in [0.05, 0.1) is 11.7 Å². The third kappa shape index (κ3) is 3.58. The Bertz CT molecular complexity index is 1050. The van der Waals surface area contributed by atoms with Crippen molar-refractivity contribution in [3.63, 3.8) is 0 Å². The number of carbonyl (C=O) groups is 3. The molecule has 1 atom stereocenters. The van der Waals surface area contributed by atoms with Gasteiger partial charge >= 0.3 is 6.03 Å². The molecule has 166 valence electrons. The van der Waals surface area contributed by atoms with E-state index in [0.717, 1.165) is 33.9 Å². The molecular weight excluding hydrogens is 422 g/mol. The van der Waals surface area contributed by atoms with Crippen molar-refractivity contribution < 1.29 is 14.4 Å². The smallest absolute Gasteiger partial charge is 0.323 e. The third-order valence-electron chi connectivity index (χ3n) is 6.95. The second-order valence-corrected chi connectivity index (χ2v) is 10.1. The van der Waals surface area contributed by atoms with Gasteiger partial charge in [0.25, 0.3) is 5.91 Å². The number of imide groups is 1. The van der Waals surface area contributed by atoms with Gasteiger partial charge in [-0.25, -0.2) is 4.79 Å². The number of fused-ring (bicyclic) bond motifs is 1. The van der Waals surface area contributed by atoms with Crippen LogP contribution in [0.1, 0.15) is 44.2 Å². The summed E-state index contributed by atoms with van der Waals surface area (Å²) in [4.78, 5) is 43.6. The first-order valence-corrected chi connectivity index (χ1v) is 12.2. The fourth-order valence-corrected chi connectivity index (χ4v) is 6.21. The zero-order valence-electron chi connectivity index (χ0n) is 18.1. The molecule has 2 fully saturated rings. The van der Waals surface area contributed by atoms with Crippen LogP contribution >= 0.6 is 11.8 Å². The minimum Gasteiger partial charge on any atom is -0.323 e. The van der Waals surface area contributed by atoms with E-state index in [-0.39, 0.29) is 24.4 Å². The molecule has 0 radical (unpaired) electrons. The van der Waals surface area contributed by atoms with E-state index in [2.05, 4.69) is 12.2 Å². The van der Waals surface area contributed by atoms with E-state index in [1.165, 1.54) is 0 Å². The number of rotatable bonds is 3. The van der Waals surface area contributed by atoms with Crippen LogP contribution in [0.4, 0.5) is 10.5 Å². The van der Waals surface area contributed by atoms with Crippen molar-refractivity contribution in [1.82, 2.24) is 10.2 Å². The Hall–Kier alpha value is -2.80.